The highest BCUT2D eigenvalue weighted by Crippen LogP contribution is 2.39. The second-order valence-electron chi connectivity index (χ2n) is 16.1. The number of anilines is 1. The molecular weight excluding hydrogens is 839 g/mol. The number of hydrogen-bond acceptors (Lipinski definition) is 10. The van der Waals surface area contributed by atoms with Crippen LogP contribution in [0.25, 0.3) is 0 Å². The number of carbonyl (C=O) groups is 7. The van der Waals surface area contributed by atoms with Crippen LogP contribution in [0, 0.1) is 24.5 Å². The van der Waals surface area contributed by atoms with E-state index >= 15 is 0 Å². The van der Waals surface area contributed by atoms with Gasteiger partial charge < -0.3 is 50.5 Å². The van der Waals surface area contributed by atoms with Gasteiger partial charge in [0.2, 0.25) is 29.5 Å². The molecule has 6 N–H and O–H groups in total. The Morgan fingerprint density at radius 2 is 1.61 bits per heavy atom. The van der Waals surface area contributed by atoms with Gasteiger partial charge in [0.25, 0.3) is 0 Å². The lowest BCUT2D eigenvalue weighted by atomic mass is 10.0. The van der Waals surface area contributed by atoms with Gasteiger partial charge in [-0.1, -0.05) is 24.6 Å². The van der Waals surface area contributed by atoms with Crippen molar-refractivity contribution in [2.75, 3.05) is 25.5 Å². The molecule has 2 aromatic carbocycles. The molecule has 0 radical (unpaired) electrons. The minimum atomic E-state index is -5.24. The van der Waals surface area contributed by atoms with Crippen molar-refractivity contribution in [3.63, 3.8) is 0 Å². The molecule has 3 fully saturated rings. The molecule has 19 nitrogen and oxygen atoms in total. The fraction of sp³-hybridized carbons (Fsp3) is 0.525. The van der Waals surface area contributed by atoms with E-state index in [1.54, 1.807) is 31.2 Å². The maximum atomic E-state index is 14.7. The van der Waals surface area contributed by atoms with Crippen molar-refractivity contribution in [2.24, 2.45) is 5.92 Å². The number of nitrogens with one attached hydrogen (secondary N) is 4. The first-order valence-corrected chi connectivity index (χ1v) is 21.6. The molecule has 2 aromatic rings. The lowest BCUT2D eigenvalue weighted by molar-refractivity contribution is -0.163. The number of urea groups is 1. The number of amides is 7. The van der Waals surface area contributed by atoms with Crippen LogP contribution >= 0.6 is 7.82 Å². The molecule has 9 atom stereocenters. The third-order valence-corrected chi connectivity index (χ3v) is 11.6. The van der Waals surface area contributed by atoms with Crippen molar-refractivity contribution in [1.29, 1.82) is 0 Å². The summed E-state index contributed by atoms with van der Waals surface area (Å²) in [5, 5.41) is 10.1. The van der Waals surface area contributed by atoms with Crippen LogP contribution in [0.15, 0.2) is 42.5 Å². The zero-order valence-electron chi connectivity index (χ0n) is 35.0. The van der Waals surface area contributed by atoms with Crippen LogP contribution in [0.3, 0.4) is 0 Å². The van der Waals surface area contributed by atoms with Gasteiger partial charge in [-0.3, -0.25) is 28.5 Å². The Kier molecular flexibility index (Phi) is 15.1. The van der Waals surface area contributed by atoms with Crippen molar-refractivity contribution in [3.8, 4) is 0 Å². The highest BCUT2D eigenvalue weighted by Gasteiger charge is 2.48. The van der Waals surface area contributed by atoms with Gasteiger partial charge >= 0.3 is 19.8 Å². The Morgan fingerprint density at radius 3 is 2.24 bits per heavy atom. The maximum absolute atomic E-state index is 14.7. The molecule has 62 heavy (non-hydrogen) atoms. The van der Waals surface area contributed by atoms with Crippen LogP contribution in [-0.2, 0) is 49.0 Å². The fourth-order valence-electron chi connectivity index (χ4n) is 8.04. The number of phosphoric acid groups is 1. The number of benzene rings is 2. The largest absolute Gasteiger partial charge is 0.469 e. The second-order valence-corrected chi connectivity index (χ2v) is 17.3. The van der Waals surface area contributed by atoms with Gasteiger partial charge in [-0.2, -0.15) is 0 Å². The number of fused-ring (bicyclic) bond motifs is 2. The molecule has 3 heterocycles. The fourth-order valence-corrected chi connectivity index (χ4v) is 8.59. The zero-order valence-corrected chi connectivity index (χ0v) is 35.9. The van der Waals surface area contributed by atoms with Crippen LogP contribution in [0.5, 0.6) is 0 Å². The number of phosphoric ester groups is 1. The zero-order chi connectivity index (χ0) is 45.8. The SMILES string of the molecule is Cc1ccc(NC(=O)N[C@@H](Cc2cc(F)cc(F)c2)C(=O)N[C@@H]2C(=O)N3CCC[C@H]3C(=O)N(C)[C@@H]([C@@H](C)OP(=O)(O)O)C(=O)N[C@@H](C)C(=O)N3C[C@H](C)C[C@H]3C(=O)O[C@H]2C)cc1. The van der Waals surface area contributed by atoms with E-state index in [-0.39, 0.29) is 43.8 Å². The predicted molar refractivity (Wildman–Crippen MR) is 215 cm³/mol. The predicted octanol–water partition coefficient (Wildman–Crippen LogP) is 1.49. The molecular formula is C40H52F2N7O12P. The monoisotopic (exact) mass is 891 g/mol. The molecule has 0 aromatic heterocycles. The smallest absolute Gasteiger partial charge is 0.458 e. The van der Waals surface area contributed by atoms with Gasteiger partial charge in [-0.05, 0) is 82.7 Å². The van der Waals surface area contributed by atoms with Gasteiger partial charge in [-0.25, -0.2) is 22.9 Å². The molecule has 338 valence electrons. The van der Waals surface area contributed by atoms with E-state index < -0.39 is 116 Å². The van der Waals surface area contributed by atoms with Crippen molar-refractivity contribution in [1.82, 2.24) is 30.7 Å². The minimum Gasteiger partial charge on any atom is -0.458 e. The van der Waals surface area contributed by atoms with Crippen molar-refractivity contribution < 1.29 is 66.0 Å². The molecule has 3 saturated heterocycles. The van der Waals surface area contributed by atoms with E-state index in [1.165, 1.54) is 18.7 Å². The van der Waals surface area contributed by atoms with Crippen LogP contribution in [0.1, 0.15) is 58.1 Å². The van der Waals surface area contributed by atoms with Gasteiger partial charge in [0.1, 0.15) is 54.0 Å². The highest BCUT2D eigenvalue weighted by atomic mass is 31.2. The number of hydrogen-bond donors (Lipinski definition) is 6. The van der Waals surface area contributed by atoms with Crippen molar-refractivity contribution in [3.05, 3.63) is 65.2 Å². The molecule has 22 heteroatoms. The molecule has 5 rings (SSSR count). The molecule has 3 aliphatic rings. The summed E-state index contributed by atoms with van der Waals surface area (Å²) >= 11 is 0. The lowest BCUT2D eigenvalue weighted by Gasteiger charge is -2.37. The first-order chi connectivity index (χ1) is 29.0. The van der Waals surface area contributed by atoms with Crippen LogP contribution in [0.4, 0.5) is 19.3 Å². The van der Waals surface area contributed by atoms with Gasteiger partial charge in [-0.15, -0.1) is 0 Å². The van der Waals surface area contributed by atoms with Crippen LogP contribution in [-0.4, -0.2) is 135 Å². The first-order valence-electron chi connectivity index (χ1n) is 20.0. The number of carbonyl (C=O) groups excluding carboxylic acids is 7. The molecule has 0 unspecified atom stereocenters. The van der Waals surface area contributed by atoms with Crippen LogP contribution in [0.2, 0.25) is 0 Å². The third-order valence-electron chi connectivity index (χ3n) is 11.0. The molecule has 0 saturated carbocycles. The Bertz CT molecular complexity index is 2090. The molecule has 0 bridgehead atoms. The van der Waals surface area contributed by atoms with Crippen molar-refractivity contribution in [2.45, 2.75) is 109 Å². The normalized spacial score (nSPS) is 26.3. The Labute approximate surface area is 356 Å². The summed E-state index contributed by atoms with van der Waals surface area (Å²) in [4.78, 5) is 121. The summed E-state index contributed by atoms with van der Waals surface area (Å²) in [6, 6.07) is -0.707. The number of esters is 1. The number of aryl methyl sites for hydroxylation is 1. The number of halogens is 2. The first kappa shape index (κ1) is 47.5. The van der Waals surface area contributed by atoms with E-state index in [2.05, 4.69) is 21.3 Å². The van der Waals surface area contributed by atoms with E-state index in [9.17, 15) is 56.7 Å². The summed E-state index contributed by atoms with van der Waals surface area (Å²) in [7, 11) is -4.08. The Morgan fingerprint density at radius 1 is 0.968 bits per heavy atom. The molecule has 7 amide bonds. The van der Waals surface area contributed by atoms with E-state index in [0.717, 1.165) is 41.5 Å². The summed E-state index contributed by atoms with van der Waals surface area (Å²) in [5.74, 6) is -7.72. The van der Waals surface area contributed by atoms with Crippen molar-refractivity contribution >= 4 is 55.0 Å². The summed E-state index contributed by atoms with van der Waals surface area (Å²) < 4.78 is 51.3. The molecule has 3 aliphatic heterocycles. The quantitative estimate of drug-likeness (QED) is 0.155. The van der Waals surface area contributed by atoms with E-state index in [0.29, 0.717) is 11.8 Å². The summed E-state index contributed by atoms with van der Waals surface area (Å²) in [6.07, 6.45) is -3.24. The summed E-state index contributed by atoms with van der Waals surface area (Å²) in [5.41, 5.74) is 1.20. The maximum Gasteiger partial charge on any atom is 0.469 e. The van der Waals surface area contributed by atoms with Gasteiger partial charge in [0.05, 0.1) is 6.10 Å². The van der Waals surface area contributed by atoms with Crippen LogP contribution < -0.4 is 21.3 Å². The minimum absolute atomic E-state index is 0.0319. The summed E-state index contributed by atoms with van der Waals surface area (Å²) in [6.45, 7) is 7.37. The van der Waals surface area contributed by atoms with E-state index in [1.807, 2.05) is 6.92 Å². The molecule has 0 aliphatic carbocycles. The Hall–Kier alpha value is -5.50. The number of ether oxygens (including phenoxy) is 1. The number of cyclic esters (lactones) is 1. The Balaban J connectivity index is 1.54. The van der Waals surface area contributed by atoms with Gasteiger partial charge in [0.15, 0.2) is 0 Å². The average molecular weight is 892 g/mol. The molecule has 0 spiro atoms. The van der Waals surface area contributed by atoms with Gasteiger partial charge in [0, 0.05) is 38.3 Å². The second kappa shape index (κ2) is 19.7. The highest BCUT2D eigenvalue weighted by molar-refractivity contribution is 7.46. The number of rotatable bonds is 9. The lowest BCUT2D eigenvalue weighted by Crippen LogP contribution is -2.63. The third kappa shape index (κ3) is 11.7. The number of nitrogens with zero attached hydrogens (tertiary/aromatic N) is 3. The number of likely N-dealkylation sites (N-methyl/N-ethyl adjacent to an activating group) is 1. The topological polar surface area (TPSA) is 253 Å². The van der Waals surface area contributed by atoms with E-state index in [4.69, 9.17) is 9.26 Å². The standard InChI is InChI=1S/C40H52F2N7O12P/c1-20-9-11-28(12-10-20)44-40(56)45-29(17-25-15-26(41)18-27(42)16-25)34(50)46-32-23(4)60-39(55)31-14-21(2)19-49(31)36(52)22(3)43-35(51)33(24(5)61-62(57,58)59)47(6)37(53)30-8-7-13-48(30)38(32)54/h9-12,15-16,18,21-24,29-33H,7-8,13-14,17,19H2,1-6H3,(H,43,51)(H,46,50)(H2,44,45,56)(H2,57,58,59)/t21-,22+,23+,24-,29+,30+,31+,32+,33+/m1/s1. The average Bonchev–Trinajstić information content (AvgIpc) is 3.82.